The maximum absolute atomic E-state index is 11.4. The highest BCUT2D eigenvalue weighted by Crippen LogP contribution is 2.26. The number of carbonyl (C=O) groups excluding carboxylic acids is 1. The van der Waals surface area contributed by atoms with Crippen LogP contribution >= 0.6 is 27.5 Å². The van der Waals surface area contributed by atoms with Crippen molar-refractivity contribution in [2.24, 2.45) is 0 Å². The second-order valence-corrected chi connectivity index (χ2v) is 4.74. The summed E-state index contributed by atoms with van der Waals surface area (Å²) in [6.07, 6.45) is 0.548. The lowest BCUT2D eigenvalue weighted by Gasteiger charge is -2.15. The number of halogens is 2. The minimum atomic E-state index is -1.22. The quantitative estimate of drug-likeness (QED) is 0.802. The predicted octanol–water partition coefficient (Wildman–Crippen LogP) is 3.14. The highest BCUT2D eigenvalue weighted by molar-refractivity contribution is 9.10. The van der Waals surface area contributed by atoms with Gasteiger partial charge in [0.25, 0.3) is 0 Å². The molecule has 7 heteroatoms. The molecule has 2 N–H and O–H groups in total. The Bertz CT molecular complexity index is 507. The van der Waals surface area contributed by atoms with Gasteiger partial charge in [0.2, 0.25) is 0 Å². The Labute approximate surface area is 123 Å². The van der Waals surface area contributed by atoms with Gasteiger partial charge in [0.1, 0.15) is 6.61 Å². The molecule has 1 aromatic rings. The Kier molecular flexibility index (Phi) is 5.85. The predicted molar refractivity (Wildman–Crippen MR) is 74.2 cm³/mol. The van der Waals surface area contributed by atoms with Crippen LogP contribution in [0.4, 0.5) is 4.79 Å². The molecule has 0 aromatic heterocycles. The van der Waals surface area contributed by atoms with E-state index in [-0.39, 0.29) is 6.61 Å². The third-order valence-electron chi connectivity index (χ3n) is 2.12. The zero-order chi connectivity index (χ0) is 14.4. The molecule has 1 amide bonds. The van der Waals surface area contributed by atoms with Gasteiger partial charge in [-0.3, -0.25) is 0 Å². The average molecular weight is 349 g/mol. The van der Waals surface area contributed by atoms with E-state index in [2.05, 4.69) is 32.6 Å². The largest absolute Gasteiger partial charge is 0.479 e. The number of carboxylic acid groups (broad SMARTS) is 1. The van der Waals surface area contributed by atoms with Gasteiger partial charge in [0, 0.05) is 4.47 Å². The van der Waals surface area contributed by atoms with E-state index >= 15 is 0 Å². The van der Waals surface area contributed by atoms with Crippen LogP contribution in [0.1, 0.15) is 11.6 Å². The van der Waals surface area contributed by atoms with Crippen molar-refractivity contribution in [3.63, 3.8) is 0 Å². The summed E-state index contributed by atoms with van der Waals surface area (Å²) in [5.74, 6) is -1.20. The first-order valence-corrected chi connectivity index (χ1v) is 6.34. The Morgan fingerprint density at radius 2 is 2.26 bits per heavy atom. The highest BCUT2D eigenvalue weighted by Gasteiger charge is 2.23. The number of hydrogen-bond donors (Lipinski definition) is 2. The van der Waals surface area contributed by atoms with Crippen LogP contribution in [-0.4, -0.2) is 23.8 Å². The highest BCUT2D eigenvalue weighted by atomic mass is 79.9. The smallest absolute Gasteiger partial charge is 0.408 e. The molecule has 0 aliphatic heterocycles. The number of alkyl carbamates (subject to hydrolysis) is 1. The topological polar surface area (TPSA) is 75.6 Å². The van der Waals surface area contributed by atoms with Gasteiger partial charge in [-0.1, -0.05) is 30.3 Å². The molecule has 0 bridgehead atoms. The van der Waals surface area contributed by atoms with Gasteiger partial charge >= 0.3 is 12.1 Å². The van der Waals surface area contributed by atoms with E-state index in [1.807, 2.05) is 0 Å². The minimum absolute atomic E-state index is 0.00246. The zero-order valence-electron chi connectivity index (χ0n) is 9.73. The van der Waals surface area contributed by atoms with Crippen LogP contribution in [0, 0.1) is 0 Å². The molecule has 0 spiro atoms. The molecule has 1 rings (SSSR count). The molecule has 1 aromatic carbocycles. The van der Waals surface area contributed by atoms with Crippen LogP contribution in [0.5, 0.6) is 0 Å². The summed E-state index contributed by atoms with van der Waals surface area (Å²) in [4.78, 5) is 22.5. The van der Waals surface area contributed by atoms with Crippen molar-refractivity contribution >= 4 is 39.6 Å². The van der Waals surface area contributed by atoms with E-state index in [1.54, 1.807) is 0 Å². The summed E-state index contributed by atoms with van der Waals surface area (Å²) in [6, 6.07) is 3.35. The molecule has 0 fully saturated rings. The molecule has 5 nitrogen and oxygen atoms in total. The standard InChI is InChI=1S/C12H11BrClNO4/c1-2-5-19-12(18)15-10(11(16)17)7-3-4-9(14)8(13)6-7/h2-4,6,10H,1,5H2,(H,15,18)(H,16,17). The van der Waals surface area contributed by atoms with Gasteiger partial charge in [-0.15, -0.1) is 0 Å². The van der Waals surface area contributed by atoms with Crippen LogP contribution in [0.15, 0.2) is 35.3 Å². The van der Waals surface area contributed by atoms with Gasteiger partial charge < -0.3 is 15.2 Å². The number of amides is 1. The number of benzene rings is 1. The summed E-state index contributed by atoms with van der Waals surface area (Å²) in [7, 11) is 0. The first kappa shape index (κ1) is 15.5. The van der Waals surface area contributed by atoms with Crippen LogP contribution in [0.2, 0.25) is 5.02 Å². The first-order valence-electron chi connectivity index (χ1n) is 5.17. The fourth-order valence-electron chi connectivity index (χ4n) is 1.27. The van der Waals surface area contributed by atoms with Crippen molar-refractivity contribution in [3.8, 4) is 0 Å². The Balaban J connectivity index is 2.88. The molecule has 1 atom stereocenters. The molecule has 19 heavy (non-hydrogen) atoms. The number of aliphatic carboxylic acids is 1. The summed E-state index contributed by atoms with van der Waals surface area (Å²) in [5.41, 5.74) is 0.374. The lowest BCUT2D eigenvalue weighted by molar-refractivity contribution is -0.139. The van der Waals surface area contributed by atoms with Crippen molar-refractivity contribution in [2.45, 2.75) is 6.04 Å². The van der Waals surface area contributed by atoms with Crippen molar-refractivity contribution in [1.29, 1.82) is 0 Å². The lowest BCUT2D eigenvalue weighted by Crippen LogP contribution is -2.34. The van der Waals surface area contributed by atoms with Crippen LogP contribution in [-0.2, 0) is 9.53 Å². The van der Waals surface area contributed by atoms with Gasteiger partial charge in [0.05, 0.1) is 5.02 Å². The molecule has 0 saturated carbocycles. The van der Waals surface area contributed by atoms with Gasteiger partial charge in [-0.2, -0.15) is 0 Å². The number of ether oxygens (including phenoxy) is 1. The second-order valence-electron chi connectivity index (χ2n) is 3.48. The average Bonchev–Trinajstić information content (AvgIpc) is 2.36. The van der Waals surface area contributed by atoms with Crippen LogP contribution < -0.4 is 5.32 Å². The summed E-state index contributed by atoms with van der Waals surface area (Å²) in [6.45, 7) is 3.39. The van der Waals surface area contributed by atoms with Crippen LogP contribution in [0.25, 0.3) is 0 Å². The van der Waals surface area contributed by atoms with Crippen LogP contribution in [0.3, 0.4) is 0 Å². The Hall–Kier alpha value is -1.53. The molecule has 0 aliphatic rings. The molecule has 102 valence electrons. The number of nitrogens with one attached hydrogen (secondary N) is 1. The van der Waals surface area contributed by atoms with Crippen molar-refractivity contribution in [3.05, 3.63) is 45.9 Å². The second kappa shape index (κ2) is 7.16. The molecule has 0 aliphatic carbocycles. The molecule has 0 heterocycles. The SMILES string of the molecule is C=CCOC(=O)NC(C(=O)O)c1ccc(Cl)c(Br)c1. The van der Waals surface area contributed by atoms with Crippen molar-refractivity contribution in [2.75, 3.05) is 6.61 Å². The summed E-state index contributed by atoms with van der Waals surface area (Å²) < 4.78 is 5.22. The normalized spacial score (nSPS) is 11.5. The van der Waals surface area contributed by atoms with E-state index in [4.69, 9.17) is 16.7 Å². The van der Waals surface area contributed by atoms with E-state index in [0.717, 1.165) is 0 Å². The molecule has 1 unspecified atom stereocenters. The van der Waals surface area contributed by atoms with Gasteiger partial charge in [-0.25, -0.2) is 9.59 Å². The van der Waals surface area contributed by atoms with E-state index in [9.17, 15) is 9.59 Å². The van der Waals surface area contributed by atoms with E-state index in [1.165, 1.54) is 24.3 Å². The van der Waals surface area contributed by atoms with E-state index in [0.29, 0.717) is 15.1 Å². The van der Waals surface area contributed by atoms with Crippen molar-refractivity contribution in [1.82, 2.24) is 5.32 Å². The maximum atomic E-state index is 11.4. The lowest BCUT2D eigenvalue weighted by atomic mass is 10.1. The fraction of sp³-hybridized carbons (Fsp3) is 0.167. The zero-order valence-corrected chi connectivity index (χ0v) is 12.1. The van der Waals surface area contributed by atoms with Gasteiger partial charge in [0.15, 0.2) is 6.04 Å². The summed E-state index contributed by atoms with van der Waals surface area (Å²) in [5, 5.41) is 11.8. The Morgan fingerprint density at radius 1 is 1.58 bits per heavy atom. The molecular formula is C12H11BrClNO4. The molecule has 0 radical (unpaired) electrons. The van der Waals surface area contributed by atoms with Crippen molar-refractivity contribution < 1.29 is 19.4 Å². The monoisotopic (exact) mass is 347 g/mol. The number of carboxylic acids is 1. The van der Waals surface area contributed by atoms with Gasteiger partial charge in [-0.05, 0) is 33.6 Å². The molecule has 0 saturated heterocycles. The number of rotatable bonds is 5. The maximum Gasteiger partial charge on any atom is 0.408 e. The number of carbonyl (C=O) groups is 2. The summed E-state index contributed by atoms with van der Waals surface area (Å²) >= 11 is 9.01. The third-order valence-corrected chi connectivity index (χ3v) is 3.33. The minimum Gasteiger partial charge on any atom is -0.479 e. The molecular weight excluding hydrogens is 337 g/mol. The Morgan fingerprint density at radius 3 is 2.79 bits per heavy atom. The number of hydrogen-bond acceptors (Lipinski definition) is 3. The third kappa shape index (κ3) is 4.57. The van der Waals surface area contributed by atoms with E-state index < -0.39 is 18.1 Å². The fourth-order valence-corrected chi connectivity index (χ4v) is 1.79. The first-order chi connectivity index (χ1) is 8.95.